The summed E-state index contributed by atoms with van der Waals surface area (Å²) in [5, 5.41) is 6.84. The Morgan fingerprint density at radius 1 is 1.07 bits per heavy atom. The molecular formula is C21H19F3N2O2. The average Bonchev–Trinajstić information content (AvgIpc) is 3.15. The third kappa shape index (κ3) is 4.60. The summed E-state index contributed by atoms with van der Waals surface area (Å²) in [7, 11) is 0. The van der Waals surface area contributed by atoms with Crippen molar-refractivity contribution in [3.05, 3.63) is 71.4 Å². The third-order valence-corrected chi connectivity index (χ3v) is 4.25. The van der Waals surface area contributed by atoms with Crippen LogP contribution in [0.3, 0.4) is 0 Å². The number of ketones is 1. The van der Waals surface area contributed by atoms with E-state index in [4.69, 9.17) is 4.74 Å². The van der Waals surface area contributed by atoms with E-state index < -0.39 is 11.7 Å². The second-order valence-corrected chi connectivity index (χ2v) is 6.32. The summed E-state index contributed by atoms with van der Waals surface area (Å²) in [6, 6.07) is 11.7. The molecule has 1 heterocycles. The minimum absolute atomic E-state index is 0.0912. The summed E-state index contributed by atoms with van der Waals surface area (Å²) in [5.41, 5.74) is 1.74. The molecule has 0 radical (unpaired) electrons. The van der Waals surface area contributed by atoms with Crippen molar-refractivity contribution in [1.82, 2.24) is 10.2 Å². The molecule has 0 amide bonds. The van der Waals surface area contributed by atoms with Crippen molar-refractivity contribution in [2.45, 2.75) is 32.5 Å². The molecular weight excluding hydrogens is 369 g/mol. The Bertz CT molecular complexity index is 930. The largest absolute Gasteiger partial charge is 0.489 e. The number of rotatable bonds is 7. The topological polar surface area (TPSA) is 55.0 Å². The number of halogens is 3. The zero-order chi connectivity index (χ0) is 20.1. The predicted octanol–water partition coefficient (Wildman–Crippen LogP) is 5.66. The summed E-state index contributed by atoms with van der Waals surface area (Å²) in [4.78, 5) is 11.9. The SMILES string of the molecule is CCCC(=O)c1ccc(OCc2c[nH]nc2-c2ccc(C(F)(F)F)cc2)cc1. The standard InChI is InChI=1S/C21H19F3N2O2/c1-2-3-19(27)14-6-10-18(11-7-14)28-13-16-12-25-26-20(16)15-4-8-17(9-5-15)21(22,23)24/h4-12H,2-3,13H2,1H3,(H,25,26). The first kappa shape index (κ1) is 19.7. The summed E-state index contributed by atoms with van der Waals surface area (Å²) >= 11 is 0. The van der Waals surface area contributed by atoms with Crippen LogP contribution in [0.4, 0.5) is 13.2 Å². The van der Waals surface area contributed by atoms with Gasteiger partial charge in [0.15, 0.2) is 5.78 Å². The molecule has 0 aliphatic rings. The molecule has 3 aromatic rings. The van der Waals surface area contributed by atoms with E-state index in [9.17, 15) is 18.0 Å². The minimum atomic E-state index is -4.37. The number of hydrogen-bond acceptors (Lipinski definition) is 3. The molecule has 1 N–H and O–H groups in total. The number of H-pyrrole nitrogens is 1. The van der Waals surface area contributed by atoms with Gasteiger partial charge < -0.3 is 4.74 Å². The van der Waals surface area contributed by atoms with E-state index in [1.165, 1.54) is 12.1 Å². The second-order valence-electron chi connectivity index (χ2n) is 6.32. The van der Waals surface area contributed by atoms with Crippen molar-refractivity contribution in [2.24, 2.45) is 0 Å². The van der Waals surface area contributed by atoms with E-state index in [2.05, 4.69) is 10.2 Å². The van der Waals surface area contributed by atoms with Gasteiger partial charge in [-0.1, -0.05) is 19.1 Å². The lowest BCUT2D eigenvalue weighted by Crippen LogP contribution is -2.04. The zero-order valence-corrected chi connectivity index (χ0v) is 15.2. The number of nitrogens with one attached hydrogen (secondary N) is 1. The number of aromatic amines is 1. The van der Waals surface area contributed by atoms with Crippen LogP contribution in [-0.2, 0) is 12.8 Å². The van der Waals surface area contributed by atoms with Crippen molar-refractivity contribution in [1.29, 1.82) is 0 Å². The van der Waals surface area contributed by atoms with Crippen LogP contribution in [0.2, 0.25) is 0 Å². The average molecular weight is 388 g/mol. The van der Waals surface area contributed by atoms with Gasteiger partial charge in [-0.2, -0.15) is 18.3 Å². The maximum atomic E-state index is 12.7. The van der Waals surface area contributed by atoms with Gasteiger partial charge in [-0.05, 0) is 42.8 Å². The summed E-state index contributed by atoms with van der Waals surface area (Å²) in [5.74, 6) is 0.682. The monoisotopic (exact) mass is 388 g/mol. The molecule has 0 unspecified atom stereocenters. The van der Waals surface area contributed by atoms with Crippen molar-refractivity contribution in [3.8, 4) is 17.0 Å². The van der Waals surface area contributed by atoms with Crippen LogP contribution in [0, 0.1) is 0 Å². The molecule has 3 rings (SSSR count). The number of aromatic nitrogens is 2. The number of alkyl halides is 3. The fourth-order valence-corrected chi connectivity index (χ4v) is 2.76. The highest BCUT2D eigenvalue weighted by Crippen LogP contribution is 2.31. The Morgan fingerprint density at radius 2 is 1.75 bits per heavy atom. The van der Waals surface area contributed by atoms with Gasteiger partial charge >= 0.3 is 6.18 Å². The van der Waals surface area contributed by atoms with Crippen molar-refractivity contribution in [3.63, 3.8) is 0 Å². The molecule has 0 atom stereocenters. The van der Waals surface area contributed by atoms with Crippen LogP contribution < -0.4 is 4.74 Å². The molecule has 2 aromatic carbocycles. The Labute approximate surface area is 160 Å². The molecule has 28 heavy (non-hydrogen) atoms. The van der Waals surface area contributed by atoms with E-state index in [1.807, 2.05) is 6.92 Å². The Balaban J connectivity index is 1.68. The third-order valence-electron chi connectivity index (χ3n) is 4.25. The maximum Gasteiger partial charge on any atom is 0.416 e. The first-order valence-electron chi connectivity index (χ1n) is 8.85. The van der Waals surface area contributed by atoms with E-state index in [-0.39, 0.29) is 12.4 Å². The van der Waals surface area contributed by atoms with Crippen LogP contribution in [-0.4, -0.2) is 16.0 Å². The summed E-state index contributed by atoms with van der Waals surface area (Å²) in [6.45, 7) is 2.14. The number of Topliss-reactive ketones (excluding diaryl/α,β-unsaturated/α-hetero) is 1. The summed E-state index contributed by atoms with van der Waals surface area (Å²) < 4.78 is 43.9. The van der Waals surface area contributed by atoms with Crippen LogP contribution in [0.25, 0.3) is 11.3 Å². The molecule has 4 nitrogen and oxygen atoms in total. The quantitative estimate of drug-likeness (QED) is 0.532. The molecule has 0 fully saturated rings. The lowest BCUT2D eigenvalue weighted by atomic mass is 10.1. The molecule has 146 valence electrons. The Kier molecular flexibility index (Phi) is 5.82. The highest BCUT2D eigenvalue weighted by molar-refractivity contribution is 5.96. The molecule has 1 aromatic heterocycles. The smallest absolute Gasteiger partial charge is 0.416 e. The van der Waals surface area contributed by atoms with E-state index in [1.54, 1.807) is 30.5 Å². The second kappa shape index (κ2) is 8.29. The van der Waals surface area contributed by atoms with Gasteiger partial charge in [-0.3, -0.25) is 9.89 Å². The molecule has 7 heteroatoms. The normalized spacial score (nSPS) is 11.4. The number of nitrogens with zero attached hydrogens (tertiary/aromatic N) is 1. The van der Waals surface area contributed by atoms with Gasteiger partial charge in [-0.15, -0.1) is 0 Å². The van der Waals surface area contributed by atoms with Gasteiger partial charge in [0.1, 0.15) is 12.4 Å². The highest BCUT2D eigenvalue weighted by Gasteiger charge is 2.30. The molecule has 0 aliphatic heterocycles. The number of carbonyl (C=O) groups excluding carboxylic acids is 1. The van der Waals surface area contributed by atoms with Crippen molar-refractivity contribution < 1.29 is 22.7 Å². The molecule has 0 saturated carbocycles. The molecule has 0 bridgehead atoms. The molecule has 0 spiro atoms. The van der Waals surface area contributed by atoms with Crippen LogP contribution in [0.5, 0.6) is 5.75 Å². The van der Waals surface area contributed by atoms with Crippen molar-refractivity contribution >= 4 is 5.78 Å². The van der Waals surface area contributed by atoms with Gasteiger partial charge in [-0.25, -0.2) is 0 Å². The Hall–Kier alpha value is -3.09. The van der Waals surface area contributed by atoms with Gasteiger partial charge in [0.2, 0.25) is 0 Å². The van der Waals surface area contributed by atoms with Crippen molar-refractivity contribution in [2.75, 3.05) is 0 Å². The molecule has 0 aliphatic carbocycles. The minimum Gasteiger partial charge on any atom is -0.489 e. The number of carbonyl (C=O) groups is 1. The van der Waals surface area contributed by atoms with Crippen LogP contribution in [0.15, 0.2) is 54.7 Å². The first-order valence-corrected chi connectivity index (χ1v) is 8.85. The summed E-state index contributed by atoms with van der Waals surface area (Å²) in [6.07, 6.45) is -1.43. The Morgan fingerprint density at radius 3 is 2.36 bits per heavy atom. The van der Waals surface area contributed by atoms with Crippen LogP contribution >= 0.6 is 0 Å². The van der Waals surface area contributed by atoms with E-state index >= 15 is 0 Å². The van der Waals surface area contributed by atoms with Gasteiger partial charge in [0, 0.05) is 29.3 Å². The van der Waals surface area contributed by atoms with Crippen LogP contribution in [0.1, 0.15) is 41.3 Å². The predicted molar refractivity (Wildman–Crippen MR) is 99.0 cm³/mol. The van der Waals surface area contributed by atoms with Gasteiger partial charge in [0.25, 0.3) is 0 Å². The van der Waals surface area contributed by atoms with Gasteiger partial charge in [0.05, 0.1) is 11.3 Å². The lowest BCUT2D eigenvalue weighted by Gasteiger charge is -2.09. The number of ether oxygens (including phenoxy) is 1. The first-order chi connectivity index (χ1) is 13.4. The molecule has 0 saturated heterocycles. The number of hydrogen-bond donors (Lipinski definition) is 1. The lowest BCUT2D eigenvalue weighted by molar-refractivity contribution is -0.137. The fourth-order valence-electron chi connectivity index (χ4n) is 2.76. The van der Waals surface area contributed by atoms with E-state index in [0.717, 1.165) is 18.6 Å². The zero-order valence-electron chi connectivity index (χ0n) is 15.2. The fraction of sp³-hybridized carbons (Fsp3) is 0.238. The highest BCUT2D eigenvalue weighted by atomic mass is 19.4. The number of benzene rings is 2. The maximum absolute atomic E-state index is 12.7. The van der Waals surface area contributed by atoms with E-state index in [0.29, 0.717) is 34.6 Å².